The van der Waals surface area contributed by atoms with Crippen LogP contribution in [0.4, 0.5) is 0 Å². The summed E-state index contributed by atoms with van der Waals surface area (Å²) in [6, 6.07) is 0. The Morgan fingerprint density at radius 2 is 1.15 bits per heavy atom. The van der Waals surface area contributed by atoms with Crippen molar-refractivity contribution in [2.24, 2.45) is 5.92 Å². The molecular formula is C24H46O2. The molecule has 0 aliphatic heterocycles. The summed E-state index contributed by atoms with van der Waals surface area (Å²) < 4.78 is 5.65. The third-order valence-electron chi connectivity index (χ3n) is 5.58. The minimum Gasteiger partial charge on any atom is -0.462 e. The van der Waals surface area contributed by atoms with Gasteiger partial charge in [0.05, 0.1) is 6.61 Å². The average molecular weight is 367 g/mol. The first-order chi connectivity index (χ1) is 12.7. The maximum absolute atomic E-state index is 12.6. The highest BCUT2D eigenvalue weighted by Crippen LogP contribution is 2.27. The zero-order chi connectivity index (χ0) is 19.6. The Balaban J connectivity index is 4.05. The van der Waals surface area contributed by atoms with Crippen molar-refractivity contribution in [2.75, 3.05) is 6.61 Å². The van der Waals surface area contributed by atoms with Gasteiger partial charge < -0.3 is 4.74 Å². The van der Waals surface area contributed by atoms with Crippen LogP contribution in [0.2, 0.25) is 0 Å². The van der Waals surface area contributed by atoms with Gasteiger partial charge in [-0.05, 0) is 38.0 Å². The molecule has 0 aromatic rings. The third kappa shape index (κ3) is 11.0. The number of ether oxygens (including phenoxy) is 1. The second-order valence-corrected chi connectivity index (χ2v) is 7.56. The molecule has 0 saturated carbocycles. The lowest BCUT2D eigenvalue weighted by atomic mass is 9.88. The van der Waals surface area contributed by atoms with E-state index >= 15 is 0 Å². The fraction of sp³-hybridized carbons (Fsp3) is 0.875. The van der Waals surface area contributed by atoms with Crippen LogP contribution in [0.25, 0.3) is 0 Å². The molecule has 0 amide bonds. The van der Waals surface area contributed by atoms with E-state index < -0.39 is 0 Å². The van der Waals surface area contributed by atoms with E-state index in [0.717, 1.165) is 37.7 Å². The number of allylic oxidation sites excluding steroid dienone is 1. The summed E-state index contributed by atoms with van der Waals surface area (Å²) in [5, 5.41) is 0. The maximum atomic E-state index is 12.6. The molecule has 0 aliphatic rings. The highest BCUT2D eigenvalue weighted by molar-refractivity contribution is 5.90. The highest BCUT2D eigenvalue weighted by atomic mass is 16.5. The first-order valence-corrected chi connectivity index (χ1v) is 11.5. The van der Waals surface area contributed by atoms with Gasteiger partial charge in [0.1, 0.15) is 0 Å². The number of rotatable bonds is 17. The molecule has 0 N–H and O–H groups in total. The highest BCUT2D eigenvalue weighted by Gasteiger charge is 2.22. The summed E-state index contributed by atoms with van der Waals surface area (Å²) in [5.41, 5.74) is 2.26. The molecule has 0 unspecified atom stereocenters. The number of carbonyl (C=O) groups excluding carboxylic acids is 1. The van der Waals surface area contributed by atoms with Gasteiger partial charge in [-0.25, -0.2) is 4.79 Å². The maximum Gasteiger partial charge on any atom is 0.334 e. The van der Waals surface area contributed by atoms with Crippen molar-refractivity contribution in [3.8, 4) is 0 Å². The molecule has 0 aromatic carbocycles. The van der Waals surface area contributed by atoms with E-state index in [1.807, 2.05) is 0 Å². The molecule has 0 spiro atoms. The number of carbonyl (C=O) groups is 1. The van der Waals surface area contributed by atoms with E-state index in [4.69, 9.17) is 4.74 Å². The first-order valence-electron chi connectivity index (χ1n) is 11.5. The van der Waals surface area contributed by atoms with Crippen LogP contribution in [0, 0.1) is 5.92 Å². The minimum atomic E-state index is -0.0478. The Morgan fingerprint density at radius 3 is 1.58 bits per heavy atom. The number of hydrogen-bond acceptors (Lipinski definition) is 2. The first kappa shape index (κ1) is 25.2. The van der Waals surface area contributed by atoms with Crippen molar-refractivity contribution in [1.29, 1.82) is 0 Å². The van der Waals surface area contributed by atoms with Crippen LogP contribution in [-0.2, 0) is 9.53 Å². The Labute approximate surface area is 164 Å². The SMILES string of the molecule is CCCCCCCCCCCCOC(=O)C(=C(CC)CC)C(CC)CC. The van der Waals surface area contributed by atoms with Crippen LogP contribution in [0.5, 0.6) is 0 Å². The van der Waals surface area contributed by atoms with E-state index in [1.165, 1.54) is 63.4 Å². The molecule has 26 heavy (non-hydrogen) atoms. The summed E-state index contributed by atoms with van der Waals surface area (Å²) in [6.07, 6.45) is 17.0. The molecule has 0 saturated heterocycles. The quantitative estimate of drug-likeness (QED) is 0.148. The van der Waals surface area contributed by atoms with Crippen molar-refractivity contribution in [3.05, 3.63) is 11.1 Å². The van der Waals surface area contributed by atoms with Crippen molar-refractivity contribution in [1.82, 2.24) is 0 Å². The molecule has 0 heterocycles. The standard InChI is InChI=1S/C24H46O2/c1-6-11-12-13-14-15-16-17-18-19-20-26-24(25)23(21(7-2)8-3)22(9-4)10-5/h21H,6-20H2,1-5H3. The lowest BCUT2D eigenvalue weighted by Gasteiger charge is -2.20. The molecule has 0 aromatic heterocycles. The van der Waals surface area contributed by atoms with E-state index in [9.17, 15) is 4.79 Å². The second kappa shape index (κ2) is 17.6. The fourth-order valence-corrected chi connectivity index (χ4v) is 3.76. The molecule has 0 fully saturated rings. The topological polar surface area (TPSA) is 26.3 Å². The van der Waals surface area contributed by atoms with Crippen molar-refractivity contribution >= 4 is 5.97 Å². The van der Waals surface area contributed by atoms with E-state index in [0.29, 0.717) is 12.5 Å². The largest absolute Gasteiger partial charge is 0.462 e. The van der Waals surface area contributed by atoms with Gasteiger partial charge in [0, 0.05) is 5.57 Å². The van der Waals surface area contributed by atoms with Gasteiger partial charge in [-0.2, -0.15) is 0 Å². The Bertz CT molecular complexity index is 360. The van der Waals surface area contributed by atoms with E-state index in [2.05, 4.69) is 34.6 Å². The Hall–Kier alpha value is -0.790. The summed E-state index contributed by atoms with van der Waals surface area (Å²) in [5.74, 6) is 0.304. The third-order valence-corrected chi connectivity index (χ3v) is 5.58. The summed E-state index contributed by atoms with van der Waals surface area (Å²) in [4.78, 5) is 12.6. The number of esters is 1. The van der Waals surface area contributed by atoms with Crippen LogP contribution in [-0.4, -0.2) is 12.6 Å². The molecule has 0 bridgehead atoms. The number of unbranched alkanes of at least 4 members (excludes halogenated alkanes) is 9. The molecule has 0 atom stereocenters. The van der Waals surface area contributed by atoms with Gasteiger partial charge in [-0.3, -0.25) is 0 Å². The predicted octanol–water partition coefficient (Wildman–Crippen LogP) is 8.00. The lowest BCUT2D eigenvalue weighted by Crippen LogP contribution is -2.18. The Kier molecular flexibility index (Phi) is 17.1. The van der Waals surface area contributed by atoms with Crippen molar-refractivity contribution in [2.45, 2.75) is 125 Å². The van der Waals surface area contributed by atoms with Gasteiger partial charge in [-0.1, -0.05) is 98.0 Å². The summed E-state index contributed by atoms with van der Waals surface area (Å²) >= 11 is 0. The monoisotopic (exact) mass is 366 g/mol. The van der Waals surface area contributed by atoms with Crippen LogP contribution in [0.1, 0.15) is 125 Å². The zero-order valence-electron chi connectivity index (χ0n) is 18.5. The van der Waals surface area contributed by atoms with E-state index in [-0.39, 0.29) is 5.97 Å². The molecule has 2 heteroatoms. The van der Waals surface area contributed by atoms with Gasteiger partial charge in [0.25, 0.3) is 0 Å². The van der Waals surface area contributed by atoms with Crippen LogP contribution in [0.15, 0.2) is 11.1 Å². The summed E-state index contributed by atoms with van der Waals surface area (Å²) in [6.45, 7) is 11.5. The Morgan fingerprint density at radius 1 is 0.692 bits per heavy atom. The fourth-order valence-electron chi connectivity index (χ4n) is 3.76. The van der Waals surface area contributed by atoms with Gasteiger partial charge in [0.2, 0.25) is 0 Å². The predicted molar refractivity (Wildman–Crippen MR) is 114 cm³/mol. The molecule has 0 radical (unpaired) electrons. The molecule has 0 rings (SSSR count). The molecular weight excluding hydrogens is 320 g/mol. The van der Waals surface area contributed by atoms with Crippen LogP contribution >= 0.6 is 0 Å². The second-order valence-electron chi connectivity index (χ2n) is 7.56. The van der Waals surface area contributed by atoms with Gasteiger partial charge in [-0.15, -0.1) is 0 Å². The lowest BCUT2D eigenvalue weighted by molar-refractivity contribution is -0.140. The molecule has 2 nitrogen and oxygen atoms in total. The average Bonchev–Trinajstić information content (AvgIpc) is 2.66. The molecule has 0 aliphatic carbocycles. The van der Waals surface area contributed by atoms with E-state index in [1.54, 1.807) is 0 Å². The zero-order valence-corrected chi connectivity index (χ0v) is 18.5. The van der Waals surface area contributed by atoms with Crippen LogP contribution < -0.4 is 0 Å². The number of hydrogen-bond donors (Lipinski definition) is 0. The van der Waals surface area contributed by atoms with Crippen molar-refractivity contribution < 1.29 is 9.53 Å². The normalized spacial score (nSPS) is 11.0. The van der Waals surface area contributed by atoms with Gasteiger partial charge >= 0.3 is 5.97 Å². The van der Waals surface area contributed by atoms with Crippen molar-refractivity contribution in [3.63, 3.8) is 0 Å². The smallest absolute Gasteiger partial charge is 0.334 e. The van der Waals surface area contributed by atoms with Crippen LogP contribution in [0.3, 0.4) is 0 Å². The van der Waals surface area contributed by atoms with Gasteiger partial charge in [0.15, 0.2) is 0 Å². The molecule has 154 valence electrons. The summed E-state index contributed by atoms with van der Waals surface area (Å²) in [7, 11) is 0. The minimum absolute atomic E-state index is 0.0478.